The molecule has 3 saturated carbocycles. The van der Waals surface area contributed by atoms with Gasteiger partial charge in [-0.2, -0.15) is 0 Å². The Balaban J connectivity index is 1.60. The molecule has 0 heterocycles. The molecule has 0 unspecified atom stereocenters. The molecule has 0 aromatic rings. The summed E-state index contributed by atoms with van der Waals surface area (Å²) in [4.78, 5) is 0. The van der Waals surface area contributed by atoms with Gasteiger partial charge >= 0.3 is 0 Å². The van der Waals surface area contributed by atoms with Crippen molar-refractivity contribution in [1.29, 1.82) is 0 Å². The molecule has 0 radical (unpaired) electrons. The summed E-state index contributed by atoms with van der Waals surface area (Å²) in [6, 6.07) is 0. The lowest BCUT2D eigenvalue weighted by atomic mass is 9.32. The van der Waals surface area contributed by atoms with Crippen molar-refractivity contribution in [2.45, 2.75) is 106 Å². The summed E-state index contributed by atoms with van der Waals surface area (Å²) >= 11 is 0. The van der Waals surface area contributed by atoms with Crippen LogP contribution in [-0.4, -0.2) is 22.9 Å². The molecule has 5 aliphatic carbocycles. The second-order valence-electron chi connectivity index (χ2n) is 14.4. The highest BCUT2D eigenvalue weighted by atomic mass is 16.3. The summed E-state index contributed by atoms with van der Waals surface area (Å²) in [5.74, 6) is 2.37. The average Bonchev–Trinajstić information content (AvgIpc) is 2.72. The van der Waals surface area contributed by atoms with Crippen LogP contribution in [0.1, 0.15) is 99.8 Å². The van der Waals surface area contributed by atoms with Gasteiger partial charge in [-0.1, -0.05) is 60.6 Å². The summed E-state index contributed by atoms with van der Waals surface area (Å²) in [5, 5.41) is 21.2. The van der Waals surface area contributed by atoms with Crippen LogP contribution in [0.4, 0.5) is 0 Å². The molecule has 2 nitrogen and oxygen atoms in total. The number of aliphatic hydroxyl groups is 2. The quantitative estimate of drug-likeness (QED) is 0.465. The van der Waals surface area contributed by atoms with E-state index in [0.29, 0.717) is 34.5 Å². The fraction of sp³-hybridized carbons (Fsp3) is 0.867. The molecule has 0 aromatic heterocycles. The molecule has 32 heavy (non-hydrogen) atoms. The minimum atomic E-state index is -0.127. The molecule has 0 aliphatic heterocycles. The van der Waals surface area contributed by atoms with Crippen molar-refractivity contribution in [2.24, 2.45) is 50.7 Å². The first-order chi connectivity index (χ1) is 14.8. The first-order valence-electron chi connectivity index (χ1n) is 13.5. The van der Waals surface area contributed by atoms with Crippen molar-refractivity contribution < 1.29 is 10.2 Å². The van der Waals surface area contributed by atoms with E-state index in [0.717, 1.165) is 12.8 Å². The third kappa shape index (κ3) is 2.78. The third-order valence-electron chi connectivity index (χ3n) is 12.8. The number of fused-ring (bicyclic) bond motifs is 7. The van der Waals surface area contributed by atoms with E-state index < -0.39 is 0 Å². The largest absolute Gasteiger partial charge is 0.393 e. The topological polar surface area (TPSA) is 40.5 Å². The molecular weight excluding hydrogens is 392 g/mol. The average molecular weight is 441 g/mol. The van der Waals surface area contributed by atoms with Crippen molar-refractivity contribution >= 4 is 0 Å². The fourth-order valence-corrected chi connectivity index (χ4v) is 10.5. The minimum Gasteiger partial charge on any atom is -0.393 e. The molecule has 0 amide bonds. The molecule has 2 heteroatoms. The smallest absolute Gasteiger partial charge is 0.0647 e. The first kappa shape index (κ1) is 23.2. The third-order valence-corrected chi connectivity index (χ3v) is 12.8. The molecule has 0 saturated heterocycles. The lowest BCUT2D eigenvalue weighted by molar-refractivity contribution is -0.228. The first-order valence-corrected chi connectivity index (χ1v) is 13.5. The van der Waals surface area contributed by atoms with Crippen molar-refractivity contribution in [2.75, 3.05) is 6.61 Å². The maximum Gasteiger partial charge on any atom is 0.0647 e. The van der Waals surface area contributed by atoms with Crippen LogP contribution in [0.2, 0.25) is 0 Å². The van der Waals surface area contributed by atoms with E-state index in [-0.39, 0.29) is 29.0 Å². The Hall–Kier alpha value is -0.600. The monoisotopic (exact) mass is 440 g/mol. The van der Waals surface area contributed by atoms with Crippen LogP contribution in [0.25, 0.3) is 0 Å². The van der Waals surface area contributed by atoms with Crippen molar-refractivity contribution in [1.82, 2.24) is 0 Å². The molecule has 3 fully saturated rings. The molecule has 0 aromatic carbocycles. The number of hydrogen-bond donors (Lipinski definition) is 2. The Morgan fingerprint density at radius 3 is 2.28 bits per heavy atom. The van der Waals surface area contributed by atoms with Crippen LogP contribution in [-0.2, 0) is 0 Å². The van der Waals surface area contributed by atoms with Gasteiger partial charge in [-0.25, -0.2) is 0 Å². The molecule has 5 aliphatic rings. The molecule has 0 bridgehead atoms. The Labute approximate surface area is 197 Å². The standard InChI is InChI=1S/C30H48O2/c1-19-23(32)8-9-24-27(19,4)13-11-25-28(24,5)14-15-29(6)22-17-26(2,3)12-10-21(22)20(18-31)16-30(25,29)7/h10,12,19,22-25,31-32H,8-9,11,13-18H2,1-7H3/t19-,22+,23-,24-,25-,27+,28-,29-,30+/m0/s1. The normalized spacial score (nSPS) is 54.3. The highest BCUT2D eigenvalue weighted by molar-refractivity contribution is 5.40. The van der Waals surface area contributed by atoms with Gasteiger partial charge in [0.1, 0.15) is 0 Å². The maximum atomic E-state index is 10.7. The second-order valence-corrected chi connectivity index (χ2v) is 14.4. The maximum absolute atomic E-state index is 10.7. The molecular formula is C30H48O2. The Morgan fingerprint density at radius 1 is 0.875 bits per heavy atom. The number of allylic oxidation sites excluding steroid dienone is 3. The van der Waals surface area contributed by atoms with E-state index in [1.165, 1.54) is 49.7 Å². The van der Waals surface area contributed by atoms with Crippen LogP contribution < -0.4 is 0 Å². The zero-order valence-electron chi connectivity index (χ0n) is 21.8. The van der Waals surface area contributed by atoms with E-state index in [1.54, 1.807) is 0 Å². The van der Waals surface area contributed by atoms with Crippen molar-refractivity contribution in [3.63, 3.8) is 0 Å². The second kappa shape index (κ2) is 6.97. The zero-order chi connectivity index (χ0) is 23.3. The van der Waals surface area contributed by atoms with Gasteiger partial charge in [0, 0.05) is 0 Å². The van der Waals surface area contributed by atoms with E-state index in [4.69, 9.17) is 0 Å². The summed E-state index contributed by atoms with van der Waals surface area (Å²) < 4.78 is 0. The Bertz CT molecular complexity index is 853. The van der Waals surface area contributed by atoms with Gasteiger partial charge in [-0.05, 0) is 113 Å². The van der Waals surface area contributed by atoms with E-state index in [9.17, 15) is 10.2 Å². The summed E-state index contributed by atoms with van der Waals surface area (Å²) in [6.45, 7) is 17.7. The van der Waals surface area contributed by atoms with Gasteiger partial charge < -0.3 is 10.2 Å². The number of rotatable bonds is 1. The van der Waals surface area contributed by atoms with Crippen LogP contribution >= 0.6 is 0 Å². The summed E-state index contributed by atoms with van der Waals surface area (Å²) in [7, 11) is 0. The van der Waals surface area contributed by atoms with Crippen LogP contribution in [0.5, 0.6) is 0 Å². The summed E-state index contributed by atoms with van der Waals surface area (Å²) in [6.07, 6.45) is 14.3. The molecule has 9 atom stereocenters. The molecule has 5 rings (SSSR count). The predicted molar refractivity (Wildman–Crippen MR) is 132 cm³/mol. The molecule has 0 spiro atoms. The highest BCUT2D eigenvalue weighted by Crippen LogP contribution is 2.76. The van der Waals surface area contributed by atoms with Gasteiger partial charge in [0.15, 0.2) is 0 Å². The Kier molecular flexibility index (Phi) is 5.04. The van der Waals surface area contributed by atoms with E-state index in [2.05, 4.69) is 60.6 Å². The lowest BCUT2D eigenvalue weighted by Crippen LogP contribution is -2.66. The number of hydrogen-bond acceptors (Lipinski definition) is 2. The predicted octanol–water partition coefficient (Wildman–Crippen LogP) is 6.92. The van der Waals surface area contributed by atoms with Gasteiger partial charge in [0.2, 0.25) is 0 Å². The minimum absolute atomic E-state index is 0.127. The van der Waals surface area contributed by atoms with E-state index in [1.807, 2.05) is 0 Å². The Morgan fingerprint density at radius 2 is 1.59 bits per heavy atom. The fourth-order valence-electron chi connectivity index (χ4n) is 10.5. The van der Waals surface area contributed by atoms with Gasteiger partial charge in [-0.15, -0.1) is 0 Å². The van der Waals surface area contributed by atoms with Gasteiger partial charge in [0.25, 0.3) is 0 Å². The van der Waals surface area contributed by atoms with Crippen LogP contribution in [0.15, 0.2) is 23.3 Å². The van der Waals surface area contributed by atoms with Crippen molar-refractivity contribution in [3.8, 4) is 0 Å². The van der Waals surface area contributed by atoms with Crippen molar-refractivity contribution in [3.05, 3.63) is 23.3 Å². The number of aliphatic hydroxyl groups excluding tert-OH is 2. The van der Waals surface area contributed by atoms with E-state index >= 15 is 0 Å². The lowest BCUT2D eigenvalue weighted by Gasteiger charge is -2.72. The van der Waals surface area contributed by atoms with Crippen LogP contribution in [0.3, 0.4) is 0 Å². The zero-order valence-corrected chi connectivity index (χ0v) is 21.8. The SMILES string of the molecule is C[C@H]1[C@@H](O)CC[C@H]2[C@]1(C)CC[C@H]1[C@@]2(C)CC[C@@]2(C)[C@@H]3CC(C)(C)C=CC3=C(CO)C[C@]12C. The van der Waals surface area contributed by atoms with Crippen LogP contribution in [0, 0.1) is 50.7 Å². The molecule has 2 N–H and O–H groups in total. The highest BCUT2D eigenvalue weighted by Gasteiger charge is 2.68. The van der Waals surface area contributed by atoms with Gasteiger partial charge in [0.05, 0.1) is 12.7 Å². The van der Waals surface area contributed by atoms with Gasteiger partial charge in [-0.3, -0.25) is 0 Å². The summed E-state index contributed by atoms with van der Waals surface area (Å²) in [5.41, 5.74) is 4.16. The molecule has 180 valence electrons.